The van der Waals surface area contributed by atoms with Crippen LogP contribution in [0.2, 0.25) is 0 Å². The Morgan fingerprint density at radius 1 is 1.35 bits per heavy atom. The Bertz CT molecular complexity index is 294. The molecule has 98 valence electrons. The highest BCUT2D eigenvalue weighted by Gasteiger charge is 2.32. The van der Waals surface area contributed by atoms with Gasteiger partial charge in [-0.1, -0.05) is 0 Å². The van der Waals surface area contributed by atoms with E-state index in [0.29, 0.717) is 19.6 Å². The average Bonchev–Trinajstić information content (AvgIpc) is 2.28. The summed E-state index contributed by atoms with van der Waals surface area (Å²) in [5.74, 6) is 0.110. The van der Waals surface area contributed by atoms with E-state index in [-0.39, 0.29) is 17.9 Å². The summed E-state index contributed by atoms with van der Waals surface area (Å²) in [6.45, 7) is 7.03. The summed E-state index contributed by atoms with van der Waals surface area (Å²) in [4.78, 5) is 24.9. The van der Waals surface area contributed by atoms with Gasteiger partial charge in [0.1, 0.15) is 0 Å². The molecule has 0 aromatic heterocycles. The van der Waals surface area contributed by atoms with Gasteiger partial charge in [0.2, 0.25) is 11.8 Å². The third-order valence-electron chi connectivity index (χ3n) is 3.28. The minimum Gasteiger partial charge on any atom is -0.353 e. The fourth-order valence-electron chi connectivity index (χ4n) is 2.03. The van der Waals surface area contributed by atoms with Gasteiger partial charge in [-0.2, -0.15) is 0 Å². The topological polar surface area (TPSA) is 75.4 Å². The summed E-state index contributed by atoms with van der Waals surface area (Å²) in [6.07, 6.45) is 1.65. The second-order valence-electron chi connectivity index (χ2n) is 5.36. The number of carbonyl (C=O) groups is 2. The van der Waals surface area contributed by atoms with Gasteiger partial charge in [0.15, 0.2) is 0 Å². The van der Waals surface area contributed by atoms with Gasteiger partial charge < -0.3 is 16.0 Å². The van der Waals surface area contributed by atoms with E-state index in [9.17, 15) is 9.59 Å². The number of nitrogens with zero attached hydrogens (tertiary/aromatic N) is 1. The van der Waals surface area contributed by atoms with Gasteiger partial charge in [-0.05, 0) is 26.7 Å². The molecule has 0 bridgehead atoms. The van der Waals surface area contributed by atoms with E-state index in [0.717, 1.165) is 12.8 Å². The zero-order chi connectivity index (χ0) is 13.1. The van der Waals surface area contributed by atoms with Crippen LogP contribution in [0.4, 0.5) is 0 Å². The summed E-state index contributed by atoms with van der Waals surface area (Å²) in [6, 6.07) is 0.206. The van der Waals surface area contributed by atoms with E-state index in [4.69, 9.17) is 5.73 Å². The van der Waals surface area contributed by atoms with Crippen LogP contribution in [0, 0.1) is 5.41 Å². The molecular weight excluding hydrogens is 218 g/mol. The Morgan fingerprint density at radius 2 is 1.88 bits per heavy atom. The molecule has 0 atom stereocenters. The molecule has 0 saturated carbocycles. The zero-order valence-electron chi connectivity index (χ0n) is 11.0. The standard InChI is InChI=1S/C12H23N3O2/c1-9(16)14-10-4-6-15(7-5-10)11(17)12(2,3)8-13/h10H,4-8,13H2,1-3H3,(H,14,16). The van der Waals surface area contributed by atoms with Gasteiger partial charge in [0.25, 0.3) is 0 Å². The molecule has 0 aromatic rings. The number of likely N-dealkylation sites (tertiary alicyclic amines) is 1. The molecule has 5 heteroatoms. The quantitative estimate of drug-likeness (QED) is 0.735. The molecule has 0 radical (unpaired) electrons. The van der Waals surface area contributed by atoms with Crippen LogP contribution >= 0.6 is 0 Å². The van der Waals surface area contributed by atoms with Gasteiger partial charge in [0.05, 0.1) is 5.41 Å². The van der Waals surface area contributed by atoms with Gasteiger partial charge in [-0.15, -0.1) is 0 Å². The third kappa shape index (κ3) is 3.70. The maximum Gasteiger partial charge on any atom is 0.229 e. The molecule has 3 N–H and O–H groups in total. The Morgan fingerprint density at radius 3 is 2.29 bits per heavy atom. The summed E-state index contributed by atoms with van der Waals surface area (Å²) in [5, 5.41) is 2.89. The van der Waals surface area contributed by atoms with Crippen LogP contribution in [0.25, 0.3) is 0 Å². The van der Waals surface area contributed by atoms with Crippen molar-refractivity contribution in [3.05, 3.63) is 0 Å². The number of rotatable bonds is 3. The number of piperidine rings is 1. The van der Waals surface area contributed by atoms with Crippen LogP contribution in [0.3, 0.4) is 0 Å². The maximum atomic E-state index is 12.1. The molecular formula is C12H23N3O2. The summed E-state index contributed by atoms with van der Waals surface area (Å²) >= 11 is 0. The van der Waals surface area contributed by atoms with E-state index in [2.05, 4.69) is 5.32 Å². The van der Waals surface area contributed by atoms with Crippen molar-refractivity contribution in [2.24, 2.45) is 11.1 Å². The van der Waals surface area contributed by atoms with Crippen molar-refractivity contribution in [3.63, 3.8) is 0 Å². The van der Waals surface area contributed by atoms with Crippen LogP contribution in [-0.4, -0.2) is 42.4 Å². The first kappa shape index (κ1) is 14.0. The average molecular weight is 241 g/mol. The maximum absolute atomic E-state index is 12.1. The van der Waals surface area contributed by atoms with Crippen LogP contribution < -0.4 is 11.1 Å². The van der Waals surface area contributed by atoms with Crippen molar-refractivity contribution in [1.29, 1.82) is 0 Å². The number of carbonyl (C=O) groups excluding carboxylic acids is 2. The molecule has 1 saturated heterocycles. The number of nitrogens with one attached hydrogen (secondary N) is 1. The first-order valence-electron chi connectivity index (χ1n) is 6.13. The lowest BCUT2D eigenvalue weighted by Crippen LogP contribution is -2.51. The van der Waals surface area contributed by atoms with Crippen LogP contribution in [-0.2, 0) is 9.59 Å². The molecule has 1 rings (SSSR count). The van der Waals surface area contributed by atoms with Crippen molar-refractivity contribution in [3.8, 4) is 0 Å². The zero-order valence-corrected chi connectivity index (χ0v) is 11.0. The second kappa shape index (κ2) is 5.49. The van der Waals surface area contributed by atoms with Crippen molar-refractivity contribution in [1.82, 2.24) is 10.2 Å². The Hall–Kier alpha value is -1.10. The van der Waals surface area contributed by atoms with Crippen molar-refractivity contribution >= 4 is 11.8 Å². The summed E-state index contributed by atoms with van der Waals surface area (Å²) < 4.78 is 0. The van der Waals surface area contributed by atoms with Crippen molar-refractivity contribution in [2.75, 3.05) is 19.6 Å². The highest BCUT2D eigenvalue weighted by molar-refractivity contribution is 5.82. The fourth-order valence-corrected chi connectivity index (χ4v) is 2.03. The third-order valence-corrected chi connectivity index (χ3v) is 3.28. The molecule has 1 heterocycles. The van der Waals surface area contributed by atoms with Crippen LogP contribution in [0.5, 0.6) is 0 Å². The normalized spacial score (nSPS) is 18.0. The molecule has 5 nitrogen and oxygen atoms in total. The van der Waals surface area contributed by atoms with E-state index in [1.54, 1.807) is 0 Å². The number of hydrogen-bond acceptors (Lipinski definition) is 3. The number of nitrogens with two attached hydrogens (primary N) is 1. The van der Waals surface area contributed by atoms with Crippen LogP contribution in [0.1, 0.15) is 33.6 Å². The molecule has 0 aromatic carbocycles. The Kier molecular flexibility index (Phi) is 4.51. The van der Waals surface area contributed by atoms with Gasteiger partial charge in [0, 0.05) is 32.6 Å². The van der Waals surface area contributed by atoms with E-state index < -0.39 is 5.41 Å². The van der Waals surface area contributed by atoms with Gasteiger partial charge in [-0.3, -0.25) is 9.59 Å². The first-order chi connectivity index (χ1) is 7.86. The Balaban J connectivity index is 2.47. The van der Waals surface area contributed by atoms with E-state index >= 15 is 0 Å². The lowest BCUT2D eigenvalue weighted by atomic mass is 9.90. The predicted octanol–water partition coefficient (Wildman–Crippen LogP) is 0.0984. The number of amides is 2. The molecule has 1 fully saturated rings. The lowest BCUT2D eigenvalue weighted by molar-refractivity contribution is -0.141. The minimum absolute atomic E-state index is 0.00272. The summed E-state index contributed by atoms with van der Waals surface area (Å²) in [7, 11) is 0. The molecule has 17 heavy (non-hydrogen) atoms. The lowest BCUT2D eigenvalue weighted by Gasteiger charge is -2.36. The molecule has 2 amide bonds. The summed E-state index contributed by atoms with van der Waals surface area (Å²) in [5.41, 5.74) is 5.12. The largest absolute Gasteiger partial charge is 0.353 e. The van der Waals surface area contributed by atoms with E-state index in [1.165, 1.54) is 6.92 Å². The SMILES string of the molecule is CC(=O)NC1CCN(C(=O)C(C)(C)CN)CC1. The highest BCUT2D eigenvalue weighted by Crippen LogP contribution is 2.20. The fraction of sp³-hybridized carbons (Fsp3) is 0.833. The first-order valence-corrected chi connectivity index (χ1v) is 6.13. The molecule has 0 spiro atoms. The molecule has 1 aliphatic rings. The monoisotopic (exact) mass is 241 g/mol. The van der Waals surface area contributed by atoms with E-state index in [1.807, 2.05) is 18.7 Å². The van der Waals surface area contributed by atoms with Crippen molar-refractivity contribution < 1.29 is 9.59 Å². The Labute approximate surface area is 103 Å². The predicted molar refractivity (Wildman–Crippen MR) is 66.3 cm³/mol. The number of hydrogen-bond donors (Lipinski definition) is 2. The molecule has 0 aliphatic carbocycles. The van der Waals surface area contributed by atoms with Gasteiger partial charge in [-0.25, -0.2) is 0 Å². The minimum atomic E-state index is -0.485. The second-order valence-corrected chi connectivity index (χ2v) is 5.36. The smallest absolute Gasteiger partial charge is 0.229 e. The highest BCUT2D eigenvalue weighted by atomic mass is 16.2. The van der Waals surface area contributed by atoms with Crippen molar-refractivity contribution in [2.45, 2.75) is 39.7 Å². The van der Waals surface area contributed by atoms with Gasteiger partial charge >= 0.3 is 0 Å². The molecule has 0 unspecified atom stereocenters. The molecule has 1 aliphatic heterocycles. The van der Waals surface area contributed by atoms with Crippen LogP contribution in [0.15, 0.2) is 0 Å².